The van der Waals surface area contributed by atoms with Gasteiger partial charge >= 0.3 is 0 Å². The first-order valence-electron chi connectivity index (χ1n) is 5.04. The summed E-state index contributed by atoms with van der Waals surface area (Å²) in [5.74, 6) is 0. The summed E-state index contributed by atoms with van der Waals surface area (Å²) in [6, 6.07) is 14.0. The Balaban J connectivity index is 2.22. The van der Waals surface area contributed by atoms with E-state index in [2.05, 4.69) is 17.1 Å². The maximum atomic E-state index is 5.58. The fraction of sp³-hybridized carbons (Fsp3) is 0.0769. The smallest absolute Gasteiger partial charge is 0.104 e. The summed E-state index contributed by atoms with van der Waals surface area (Å²) in [6.07, 6.45) is 2.55. The van der Waals surface area contributed by atoms with Crippen LogP contribution in [0.1, 0.15) is 16.8 Å². The second kappa shape index (κ2) is 4.86. The van der Waals surface area contributed by atoms with E-state index in [4.69, 9.17) is 18.0 Å². The molecule has 2 N–H and O–H groups in total. The van der Waals surface area contributed by atoms with Crippen molar-refractivity contribution < 1.29 is 0 Å². The molecule has 0 aliphatic carbocycles. The molecule has 1 aromatic heterocycles. The van der Waals surface area contributed by atoms with Crippen molar-refractivity contribution in [2.45, 2.75) is 6.42 Å². The van der Waals surface area contributed by atoms with E-state index in [0.717, 1.165) is 17.7 Å². The second-order valence-electron chi connectivity index (χ2n) is 3.56. The molecule has 0 saturated heterocycles. The third-order valence-corrected chi connectivity index (χ3v) is 2.56. The van der Waals surface area contributed by atoms with Gasteiger partial charge in [-0.25, -0.2) is 0 Å². The van der Waals surface area contributed by atoms with Crippen molar-refractivity contribution in [3.8, 4) is 0 Å². The number of benzene rings is 1. The summed E-state index contributed by atoms with van der Waals surface area (Å²) in [7, 11) is 0. The molecular formula is C13H12N2S. The van der Waals surface area contributed by atoms with Gasteiger partial charge in [-0.3, -0.25) is 4.98 Å². The maximum absolute atomic E-state index is 5.58. The van der Waals surface area contributed by atoms with Gasteiger partial charge in [0.1, 0.15) is 4.99 Å². The fourth-order valence-electron chi connectivity index (χ4n) is 1.53. The van der Waals surface area contributed by atoms with E-state index in [1.54, 1.807) is 6.20 Å². The fourth-order valence-corrected chi connectivity index (χ4v) is 1.66. The summed E-state index contributed by atoms with van der Waals surface area (Å²) in [6.45, 7) is 0. The Morgan fingerprint density at radius 3 is 2.62 bits per heavy atom. The summed E-state index contributed by atoms with van der Waals surface area (Å²) < 4.78 is 0. The Morgan fingerprint density at radius 2 is 1.94 bits per heavy atom. The number of hydrogen-bond acceptors (Lipinski definition) is 2. The van der Waals surface area contributed by atoms with Crippen LogP contribution < -0.4 is 5.73 Å². The first-order valence-corrected chi connectivity index (χ1v) is 5.45. The minimum atomic E-state index is 0.414. The molecule has 0 spiro atoms. The summed E-state index contributed by atoms with van der Waals surface area (Å²) in [4.78, 5) is 4.72. The number of hydrogen-bond donors (Lipinski definition) is 1. The van der Waals surface area contributed by atoms with Crippen LogP contribution in [-0.2, 0) is 6.42 Å². The van der Waals surface area contributed by atoms with Gasteiger partial charge in [0.2, 0.25) is 0 Å². The minimum absolute atomic E-state index is 0.414. The highest BCUT2D eigenvalue weighted by Crippen LogP contribution is 2.08. The Morgan fingerprint density at radius 1 is 1.19 bits per heavy atom. The molecule has 0 bridgehead atoms. The van der Waals surface area contributed by atoms with Gasteiger partial charge in [0.25, 0.3) is 0 Å². The third-order valence-electron chi connectivity index (χ3n) is 2.33. The lowest BCUT2D eigenvalue weighted by molar-refractivity contribution is 1.07. The van der Waals surface area contributed by atoms with Crippen LogP contribution in [-0.4, -0.2) is 9.97 Å². The number of rotatable bonds is 3. The van der Waals surface area contributed by atoms with Crippen molar-refractivity contribution in [2.24, 2.45) is 5.73 Å². The molecule has 80 valence electrons. The molecule has 1 aromatic carbocycles. The van der Waals surface area contributed by atoms with Crippen LogP contribution in [0.25, 0.3) is 0 Å². The highest BCUT2D eigenvalue weighted by molar-refractivity contribution is 7.80. The molecule has 0 saturated carbocycles. The molecule has 0 unspecified atom stereocenters. The molecule has 2 nitrogen and oxygen atoms in total. The predicted octanol–water partition coefficient (Wildman–Crippen LogP) is 2.31. The standard InChI is InChI=1S/C13H12N2S/c14-13(16)11-6-7-15-12(9-11)8-10-4-2-1-3-5-10/h1-7,9H,8H2,(H2,14,16). The van der Waals surface area contributed by atoms with E-state index >= 15 is 0 Å². The SMILES string of the molecule is NC(=S)c1ccnc(Cc2ccccc2)c1. The van der Waals surface area contributed by atoms with Crippen LogP contribution >= 0.6 is 12.2 Å². The Kier molecular flexibility index (Phi) is 3.27. The van der Waals surface area contributed by atoms with Gasteiger partial charge in [-0.15, -0.1) is 0 Å². The van der Waals surface area contributed by atoms with E-state index in [1.165, 1.54) is 5.56 Å². The molecule has 0 atom stereocenters. The third kappa shape index (κ3) is 2.64. The Hall–Kier alpha value is -1.74. The normalized spacial score (nSPS) is 10.0. The van der Waals surface area contributed by atoms with Gasteiger partial charge in [0, 0.05) is 23.9 Å². The van der Waals surface area contributed by atoms with Gasteiger partial charge in [-0.05, 0) is 17.7 Å². The van der Waals surface area contributed by atoms with Crippen molar-refractivity contribution in [3.63, 3.8) is 0 Å². The predicted molar refractivity (Wildman–Crippen MR) is 69.4 cm³/mol. The van der Waals surface area contributed by atoms with Gasteiger partial charge in [0.15, 0.2) is 0 Å². The molecular weight excluding hydrogens is 216 g/mol. The lowest BCUT2D eigenvalue weighted by Crippen LogP contribution is -2.10. The summed E-state index contributed by atoms with van der Waals surface area (Å²) in [5, 5.41) is 0. The van der Waals surface area contributed by atoms with E-state index < -0.39 is 0 Å². The topological polar surface area (TPSA) is 38.9 Å². The average molecular weight is 228 g/mol. The number of thiocarbonyl (C=S) groups is 1. The van der Waals surface area contributed by atoms with Crippen molar-refractivity contribution in [1.82, 2.24) is 4.98 Å². The zero-order valence-corrected chi connectivity index (χ0v) is 9.58. The second-order valence-corrected chi connectivity index (χ2v) is 4.00. The number of nitrogens with two attached hydrogens (primary N) is 1. The highest BCUT2D eigenvalue weighted by atomic mass is 32.1. The van der Waals surface area contributed by atoms with E-state index in [9.17, 15) is 0 Å². The van der Waals surface area contributed by atoms with Crippen LogP contribution in [0.2, 0.25) is 0 Å². The van der Waals surface area contributed by atoms with Crippen LogP contribution in [0.3, 0.4) is 0 Å². The van der Waals surface area contributed by atoms with E-state index in [-0.39, 0.29) is 0 Å². The molecule has 2 aromatic rings. The van der Waals surface area contributed by atoms with E-state index in [1.807, 2.05) is 30.3 Å². The van der Waals surface area contributed by atoms with Crippen LogP contribution in [0.4, 0.5) is 0 Å². The molecule has 0 aliphatic heterocycles. The van der Waals surface area contributed by atoms with E-state index in [0.29, 0.717) is 4.99 Å². The van der Waals surface area contributed by atoms with Crippen molar-refractivity contribution in [1.29, 1.82) is 0 Å². The first-order chi connectivity index (χ1) is 7.75. The molecule has 0 radical (unpaired) electrons. The van der Waals surface area contributed by atoms with Crippen molar-refractivity contribution in [2.75, 3.05) is 0 Å². The van der Waals surface area contributed by atoms with Gasteiger partial charge in [-0.2, -0.15) is 0 Å². The lowest BCUT2D eigenvalue weighted by Gasteiger charge is -2.03. The number of aromatic nitrogens is 1. The first kappa shape index (κ1) is 10.8. The molecule has 0 amide bonds. The van der Waals surface area contributed by atoms with Gasteiger partial charge in [0.05, 0.1) is 0 Å². The molecule has 3 heteroatoms. The molecule has 16 heavy (non-hydrogen) atoms. The zero-order chi connectivity index (χ0) is 11.4. The molecule has 0 fully saturated rings. The monoisotopic (exact) mass is 228 g/mol. The molecule has 2 rings (SSSR count). The molecule has 1 heterocycles. The van der Waals surface area contributed by atoms with Crippen LogP contribution in [0.5, 0.6) is 0 Å². The number of pyridine rings is 1. The quantitative estimate of drug-likeness (QED) is 0.819. The largest absolute Gasteiger partial charge is 0.389 e. The van der Waals surface area contributed by atoms with Crippen molar-refractivity contribution in [3.05, 3.63) is 65.5 Å². The van der Waals surface area contributed by atoms with Crippen LogP contribution in [0, 0.1) is 0 Å². The van der Waals surface area contributed by atoms with Gasteiger partial charge in [-0.1, -0.05) is 42.5 Å². The Labute approximate surface area is 100 Å². The average Bonchev–Trinajstić information content (AvgIpc) is 2.30. The lowest BCUT2D eigenvalue weighted by atomic mass is 10.1. The summed E-state index contributed by atoms with van der Waals surface area (Å²) in [5.41, 5.74) is 8.67. The number of nitrogens with zero attached hydrogens (tertiary/aromatic N) is 1. The zero-order valence-electron chi connectivity index (χ0n) is 8.76. The molecule has 0 aliphatic rings. The van der Waals surface area contributed by atoms with Crippen molar-refractivity contribution >= 4 is 17.2 Å². The minimum Gasteiger partial charge on any atom is -0.389 e. The maximum Gasteiger partial charge on any atom is 0.104 e. The summed E-state index contributed by atoms with van der Waals surface area (Å²) >= 11 is 4.94. The van der Waals surface area contributed by atoms with Gasteiger partial charge < -0.3 is 5.73 Å². The highest BCUT2D eigenvalue weighted by Gasteiger charge is 2.00. The Bertz CT molecular complexity index is 494. The van der Waals surface area contributed by atoms with Crippen LogP contribution in [0.15, 0.2) is 48.7 Å².